The van der Waals surface area contributed by atoms with Gasteiger partial charge in [-0.3, -0.25) is 0 Å². The molecule has 0 atom stereocenters. The minimum atomic E-state index is 0.956. The maximum Gasteiger partial charge on any atom is 0.0715 e. The largest absolute Gasteiger partial charge is 0.311 e. The van der Waals surface area contributed by atoms with Gasteiger partial charge in [0.25, 0.3) is 0 Å². The number of nitrogens with zero attached hydrogens (tertiary/aromatic N) is 2. The second-order valence-corrected chi connectivity index (χ2v) is 12.8. The zero-order chi connectivity index (χ0) is 34.0. The SMILES string of the molecule is c1ccc(-c2ccc(-c3ccc(N(c4ccccc4)c4ccc(-c5cc(-c6ccc7ccccc7c6)c6ccccc6n5)cc4)cc3)cc2)cc1. The van der Waals surface area contributed by atoms with E-state index >= 15 is 0 Å². The highest BCUT2D eigenvalue weighted by Crippen LogP contribution is 2.38. The highest BCUT2D eigenvalue weighted by molar-refractivity contribution is 5.99. The third kappa shape index (κ3) is 6.05. The van der Waals surface area contributed by atoms with Crippen LogP contribution in [0.2, 0.25) is 0 Å². The number of para-hydroxylation sites is 2. The lowest BCUT2D eigenvalue weighted by Crippen LogP contribution is -2.09. The summed E-state index contributed by atoms with van der Waals surface area (Å²) in [6, 6.07) is 73.4. The summed E-state index contributed by atoms with van der Waals surface area (Å²) in [5.41, 5.74) is 13.5. The number of pyridine rings is 1. The second kappa shape index (κ2) is 13.3. The molecule has 2 nitrogen and oxygen atoms in total. The van der Waals surface area contributed by atoms with E-state index in [4.69, 9.17) is 4.98 Å². The fraction of sp³-hybridized carbons (Fsp3) is 0. The molecule has 9 rings (SSSR count). The molecular weight excluding hydrogens is 617 g/mol. The molecule has 0 fully saturated rings. The third-order valence-corrected chi connectivity index (χ3v) is 9.66. The van der Waals surface area contributed by atoms with Crippen LogP contribution in [-0.4, -0.2) is 4.98 Å². The van der Waals surface area contributed by atoms with Crippen molar-refractivity contribution in [2.24, 2.45) is 0 Å². The van der Waals surface area contributed by atoms with E-state index in [9.17, 15) is 0 Å². The van der Waals surface area contributed by atoms with Crippen molar-refractivity contribution in [3.8, 4) is 44.6 Å². The molecule has 9 aromatic rings. The van der Waals surface area contributed by atoms with Gasteiger partial charge in [0.05, 0.1) is 11.2 Å². The minimum absolute atomic E-state index is 0.956. The van der Waals surface area contributed by atoms with Crippen LogP contribution < -0.4 is 4.90 Å². The van der Waals surface area contributed by atoms with Crippen LogP contribution in [0.1, 0.15) is 0 Å². The van der Waals surface area contributed by atoms with Gasteiger partial charge in [-0.25, -0.2) is 4.98 Å². The summed E-state index contributed by atoms with van der Waals surface area (Å²) in [5.74, 6) is 0. The van der Waals surface area contributed by atoms with E-state index in [-0.39, 0.29) is 0 Å². The average Bonchev–Trinajstić information content (AvgIpc) is 3.22. The second-order valence-electron chi connectivity index (χ2n) is 12.8. The van der Waals surface area contributed by atoms with E-state index in [1.807, 2.05) is 0 Å². The summed E-state index contributed by atoms with van der Waals surface area (Å²) >= 11 is 0. The summed E-state index contributed by atoms with van der Waals surface area (Å²) in [5, 5.41) is 3.63. The third-order valence-electron chi connectivity index (χ3n) is 9.66. The van der Waals surface area contributed by atoms with Crippen molar-refractivity contribution in [1.82, 2.24) is 4.98 Å². The molecule has 240 valence electrons. The molecule has 0 N–H and O–H groups in total. The first-order chi connectivity index (χ1) is 25.3. The van der Waals surface area contributed by atoms with Crippen LogP contribution in [0, 0.1) is 0 Å². The Bertz CT molecular complexity index is 2590. The van der Waals surface area contributed by atoms with Crippen LogP contribution >= 0.6 is 0 Å². The first-order valence-electron chi connectivity index (χ1n) is 17.4. The van der Waals surface area contributed by atoms with E-state index in [2.05, 4.69) is 211 Å². The van der Waals surface area contributed by atoms with Gasteiger partial charge in [-0.2, -0.15) is 0 Å². The van der Waals surface area contributed by atoms with Crippen LogP contribution in [0.25, 0.3) is 66.3 Å². The number of aromatic nitrogens is 1. The van der Waals surface area contributed by atoms with Crippen molar-refractivity contribution in [2.75, 3.05) is 4.90 Å². The van der Waals surface area contributed by atoms with Crippen LogP contribution in [-0.2, 0) is 0 Å². The van der Waals surface area contributed by atoms with Crippen LogP contribution in [0.15, 0.2) is 206 Å². The van der Waals surface area contributed by atoms with Crippen molar-refractivity contribution in [3.05, 3.63) is 206 Å². The number of hydrogen-bond donors (Lipinski definition) is 0. The Labute approximate surface area is 298 Å². The molecule has 1 aromatic heterocycles. The lowest BCUT2D eigenvalue weighted by atomic mass is 9.96. The number of rotatable bonds is 7. The Balaban J connectivity index is 1.05. The van der Waals surface area contributed by atoms with Crippen molar-refractivity contribution >= 4 is 38.7 Å². The summed E-state index contributed by atoms with van der Waals surface area (Å²) in [6.45, 7) is 0. The van der Waals surface area contributed by atoms with Crippen molar-refractivity contribution < 1.29 is 0 Å². The van der Waals surface area contributed by atoms with E-state index < -0.39 is 0 Å². The maximum absolute atomic E-state index is 5.13. The van der Waals surface area contributed by atoms with Crippen LogP contribution in [0.3, 0.4) is 0 Å². The summed E-state index contributed by atoms with van der Waals surface area (Å²) in [4.78, 5) is 7.44. The summed E-state index contributed by atoms with van der Waals surface area (Å²) in [6.07, 6.45) is 0. The smallest absolute Gasteiger partial charge is 0.0715 e. The molecule has 8 aromatic carbocycles. The first-order valence-corrected chi connectivity index (χ1v) is 17.4. The summed E-state index contributed by atoms with van der Waals surface area (Å²) in [7, 11) is 0. The number of benzene rings is 8. The Morgan fingerprint density at radius 3 is 1.45 bits per heavy atom. The Hall–Kier alpha value is -6.77. The standard InChI is InChI=1S/C49H34N2/c1-3-11-35(12-4-1)37-19-21-38(22-20-37)39-25-29-44(30-26-39)51(43-15-5-2-6-16-43)45-31-27-40(28-32-45)49-34-47(46-17-9-10-18-48(46)50-49)42-24-23-36-13-7-8-14-41(36)33-42/h1-34H. The van der Waals surface area contributed by atoms with Gasteiger partial charge in [0.2, 0.25) is 0 Å². The Morgan fingerprint density at radius 2 is 0.784 bits per heavy atom. The van der Waals surface area contributed by atoms with Crippen molar-refractivity contribution in [1.29, 1.82) is 0 Å². The normalized spacial score (nSPS) is 11.1. The lowest BCUT2D eigenvalue weighted by molar-refractivity contribution is 1.28. The molecule has 0 spiro atoms. The number of fused-ring (bicyclic) bond motifs is 2. The first kappa shape index (κ1) is 30.3. The quantitative estimate of drug-likeness (QED) is 0.171. The van der Waals surface area contributed by atoms with Gasteiger partial charge in [-0.15, -0.1) is 0 Å². The van der Waals surface area contributed by atoms with Gasteiger partial charge in [-0.05, 0) is 98.8 Å². The predicted molar refractivity (Wildman–Crippen MR) is 216 cm³/mol. The lowest BCUT2D eigenvalue weighted by Gasteiger charge is -2.26. The molecule has 1 heterocycles. The fourth-order valence-corrected chi connectivity index (χ4v) is 7.01. The molecular formula is C49H34N2. The molecule has 0 aliphatic heterocycles. The fourth-order valence-electron chi connectivity index (χ4n) is 7.01. The molecule has 51 heavy (non-hydrogen) atoms. The van der Waals surface area contributed by atoms with Crippen LogP contribution in [0.5, 0.6) is 0 Å². The number of anilines is 3. The topological polar surface area (TPSA) is 16.1 Å². The number of hydrogen-bond acceptors (Lipinski definition) is 2. The molecule has 2 heteroatoms. The zero-order valence-corrected chi connectivity index (χ0v) is 28.0. The zero-order valence-electron chi connectivity index (χ0n) is 28.0. The van der Waals surface area contributed by atoms with Gasteiger partial charge in [0.1, 0.15) is 0 Å². The molecule has 0 saturated heterocycles. The maximum atomic E-state index is 5.13. The molecule has 0 radical (unpaired) electrons. The Morgan fingerprint density at radius 1 is 0.314 bits per heavy atom. The predicted octanol–water partition coefficient (Wildman–Crippen LogP) is 13.5. The van der Waals surface area contributed by atoms with Gasteiger partial charge < -0.3 is 4.90 Å². The minimum Gasteiger partial charge on any atom is -0.311 e. The van der Waals surface area contributed by atoms with E-state index in [1.165, 1.54) is 44.2 Å². The molecule has 0 amide bonds. The van der Waals surface area contributed by atoms with E-state index in [1.54, 1.807) is 0 Å². The molecule has 0 saturated carbocycles. The van der Waals surface area contributed by atoms with Gasteiger partial charge in [0.15, 0.2) is 0 Å². The van der Waals surface area contributed by atoms with Crippen LogP contribution in [0.4, 0.5) is 17.1 Å². The monoisotopic (exact) mass is 650 g/mol. The van der Waals surface area contributed by atoms with Gasteiger partial charge in [-0.1, -0.05) is 152 Å². The van der Waals surface area contributed by atoms with Crippen molar-refractivity contribution in [3.63, 3.8) is 0 Å². The molecule has 0 aliphatic carbocycles. The summed E-state index contributed by atoms with van der Waals surface area (Å²) < 4.78 is 0. The average molecular weight is 651 g/mol. The molecule has 0 unspecified atom stereocenters. The van der Waals surface area contributed by atoms with E-state index in [0.717, 1.165) is 39.2 Å². The highest BCUT2D eigenvalue weighted by atomic mass is 15.1. The van der Waals surface area contributed by atoms with Crippen molar-refractivity contribution in [2.45, 2.75) is 0 Å². The van der Waals surface area contributed by atoms with E-state index in [0.29, 0.717) is 0 Å². The van der Waals surface area contributed by atoms with Gasteiger partial charge in [0, 0.05) is 28.0 Å². The molecule has 0 bridgehead atoms. The molecule has 0 aliphatic rings. The Kier molecular flexibility index (Phi) is 7.88. The van der Waals surface area contributed by atoms with Gasteiger partial charge >= 0.3 is 0 Å². The highest BCUT2D eigenvalue weighted by Gasteiger charge is 2.15.